The van der Waals surface area contributed by atoms with E-state index in [2.05, 4.69) is 19.1 Å². The zero-order valence-corrected chi connectivity index (χ0v) is 15.9. The largest absolute Gasteiger partial charge is 0.496 e. The fourth-order valence-corrected chi connectivity index (χ4v) is 2.02. The van der Waals surface area contributed by atoms with Gasteiger partial charge >= 0.3 is 0 Å². The summed E-state index contributed by atoms with van der Waals surface area (Å²) in [5.41, 5.74) is 1.80. The number of hydrogen-bond acceptors (Lipinski definition) is 4. The van der Waals surface area contributed by atoms with Crippen molar-refractivity contribution in [2.75, 3.05) is 7.11 Å². The number of benzene rings is 2. The molecule has 0 saturated carbocycles. The molecule has 0 heterocycles. The van der Waals surface area contributed by atoms with Gasteiger partial charge in [-0.3, -0.25) is 4.79 Å². The van der Waals surface area contributed by atoms with Crippen LogP contribution in [0.2, 0.25) is 0 Å². The Labute approximate surface area is 150 Å². The number of carbonyl (C=O) groups is 1. The van der Waals surface area contributed by atoms with Crippen LogP contribution in [0.3, 0.4) is 0 Å². The molecule has 4 heteroatoms. The van der Waals surface area contributed by atoms with E-state index in [0.717, 1.165) is 12.0 Å². The highest BCUT2D eigenvalue weighted by molar-refractivity contribution is 5.79. The zero-order valence-electron chi connectivity index (χ0n) is 15.9. The van der Waals surface area contributed by atoms with E-state index < -0.39 is 0 Å². The van der Waals surface area contributed by atoms with Gasteiger partial charge in [-0.25, -0.2) is 0 Å². The Hall–Kier alpha value is -2.49. The van der Waals surface area contributed by atoms with Gasteiger partial charge in [-0.15, -0.1) is 0 Å². The minimum Gasteiger partial charge on any atom is -0.496 e. The van der Waals surface area contributed by atoms with Crippen molar-refractivity contribution in [3.05, 3.63) is 53.6 Å². The molecule has 0 atom stereocenters. The van der Waals surface area contributed by atoms with Crippen molar-refractivity contribution in [3.63, 3.8) is 0 Å². The van der Waals surface area contributed by atoms with Gasteiger partial charge < -0.3 is 14.2 Å². The fourth-order valence-electron chi connectivity index (χ4n) is 2.02. The number of methoxy groups -OCH3 is 1. The van der Waals surface area contributed by atoms with Crippen LogP contribution in [0.1, 0.15) is 43.6 Å². The highest BCUT2D eigenvalue weighted by atomic mass is 16.5. The van der Waals surface area contributed by atoms with E-state index in [1.807, 2.05) is 39.8 Å². The summed E-state index contributed by atoms with van der Waals surface area (Å²) < 4.78 is 16.0. The van der Waals surface area contributed by atoms with Crippen LogP contribution in [-0.4, -0.2) is 25.6 Å². The summed E-state index contributed by atoms with van der Waals surface area (Å²) in [6.07, 6.45) is 1.14. The van der Waals surface area contributed by atoms with E-state index in [0.29, 0.717) is 17.1 Å². The molecule has 0 aliphatic heterocycles. The molecule has 0 aliphatic carbocycles. The Kier molecular flexibility index (Phi) is 8.54. The maximum atomic E-state index is 10.6. The molecule has 0 radical (unpaired) electrons. The molecule has 0 aliphatic rings. The second kappa shape index (κ2) is 10.4. The number of rotatable bonds is 6. The molecule has 136 valence electrons. The summed E-state index contributed by atoms with van der Waals surface area (Å²) in [5, 5.41) is 0. The first-order valence-corrected chi connectivity index (χ1v) is 8.39. The van der Waals surface area contributed by atoms with E-state index in [1.165, 1.54) is 12.7 Å². The molecule has 0 unspecified atom stereocenters. The van der Waals surface area contributed by atoms with Crippen LogP contribution >= 0.6 is 0 Å². The summed E-state index contributed by atoms with van der Waals surface area (Å²) >= 11 is 0. The molecule has 2 aromatic rings. The number of aldehydes is 1. The van der Waals surface area contributed by atoms with Crippen LogP contribution in [0.4, 0.5) is 0 Å². The molecule has 25 heavy (non-hydrogen) atoms. The predicted molar refractivity (Wildman–Crippen MR) is 101 cm³/mol. The third-order valence-electron chi connectivity index (χ3n) is 3.10. The average Bonchev–Trinajstić information content (AvgIpc) is 2.56. The molecule has 0 spiro atoms. The standard InChI is InChI=1S/C11H14O3.C10H14O/c1-8(2)14-10-5-4-9(7-12)11(6-10)13-3;1-8(2)11-10-6-4-9(3)5-7-10/h4-8H,1-3H3;4-8H,1-3H3. The Balaban J connectivity index is 0.000000257. The van der Waals surface area contributed by atoms with Gasteiger partial charge in [0.1, 0.15) is 17.2 Å². The molecule has 4 nitrogen and oxygen atoms in total. The number of hydrogen-bond donors (Lipinski definition) is 0. The molecule has 2 aromatic carbocycles. The average molecular weight is 344 g/mol. The lowest BCUT2D eigenvalue weighted by molar-refractivity contribution is 0.112. The first kappa shape index (κ1) is 20.6. The van der Waals surface area contributed by atoms with Gasteiger partial charge in [-0.05, 0) is 58.9 Å². The van der Waals surface area contributed by atoms with Gasteiger partial charge in [0, 0.05) is 6.07 Å². The highest BCUT2D eigenvalue weighted by Gasteiger charge is 2.04. The number of aryl methyl sites for hydroxylation is 1. The fraction of sp³-hybridized carbons (Fsp3) is 0.381. The predicted octanol–water partition coefficient (Wildman–Crippen LogP) is 5.08. The molecule has 0 aromatic heterocycles. The molecule has 0 amide bonds. The summed E-state index contributed by atoms with van der Waals surface area (Å²) in [4.78, 5) is 10.6. The smallest absolute Gasteiger partial charge is 0.153 e. The molecule has 0 N–H and O–H groups in total. The van der Waals surface area contributed by atoms with Gasteiger partial charge in [0.2, 0.25) is 0 Å². The zero-order chi connectivity index (χ0) is 18.8. The van der Waals surface area contributed by atoms with Crippen molar-refractivity contribution in [3.8, 4) is 17.2 Å². The number of carbonyl (C=O) groups excluding carboxylic acids is 1. The van der Waals surface area contributed by atoms with Gasteiger partial charge in [0.15, 0.2) is 6.29 Å². The van der Waals surface area contributed by atoms with E-state index >= 15 is 0 Å². The summed E-state index contributed by atoms with van der Waals surface area (Å²) in [5.74, 6) is 2.20. The Morgan fingerprint density at radius 1 is 0.840 bits per heavy atom. The van der Waals surface area contributed by atoms with Crippen LogP contribution < -0.4 is 14.2 Å². The van der Waals surface area contributed by atoms with Crippen molar-refractivity contribution < 1.29 is 19.0 Å². The van der Waals surface area contributed by atoms with Crippen LogP contribution in [0.25, 0.3) is 0 Å². The van der Waals surface area contributed by atoms with Crippen molar-refractivity contribution in [2.45, 2.75) is 46.8 Å². The van der Waals surface area contributed by atoms with Gasteiger partial charge in [0.05, 0.1) is 24.9 Å². The quantitative estimate of drug-likeness (QED) is 0.686. The van der Waals surface area contributed by atoms with Crippen molar-refractivity contribution in [2.24, 2.45) is 0 Å². The summed E-state index contributed by atoms with van der Waals surface area (Å²) in [6, 6.07) is 13.2. The minimum absolute atomic E-state index is 0.113. The van der Waals surface area contributed by atoms with Crippen LogP contribution in [0, 0.1) is 6.92 Å². The van der Waals surface area contributed by atoms with Gasteiger partial charge in [-0.2, -0.15) is 0 Å². The normalized spacial score (nSPS) is 10.1. The summed E-state index contributed by atoms with van der Waals surface area (Å²) in [6.45, 7) is 10.0. The summed E-state index contributed by atoms with van der Waals surface area (Å²) in [7, 11) is 1.53. The monoisotopic (exact) mass is 344 g/mol. The molecular weight excluding hydrogens is 316 g/mol. The van der Waals surface area contributed by atoms with Crippen molar-refractivity contribution in [1.82, 2.24) is 0 Å². The van der Waals surface area contributed by atoms with Gasteiger partial charge in [-0.1, -0.05) is 17.7 Å². The lowest BCUT2D eigenvalue weighted by atomic mass is 10.2. The topological polar surface area (TPSA) is 44.8 Å². The van der Waals surface area contributed by atoms with E-state index in [1.54, 1.807) is 18.2 Å². The molecule has 0 bridgehead atoms. The van der Waals surface area contributed by atoms with E-state index in [9.17, 15) is 4.79 Å². The maximum Gasteiger partial charge on any atom is 0.153 e. The first-order valence-electron chi connectivity index (χ1n) is 8.39. The number of ether oxygens (including phenoxy) is 3. The second-order valence-corrected chi connectivity index (χ2v) is 6.17. The van der Waals surface area contributed by atoms with E-state index in [4.69, 9.17) is 14.2 Å². The molecule has 0 fully saturated rings. The third kappa shape index (κ3) is 7.75. The van der Waals surface area contributed by atoms with Crippen molar-refractivity contribution in [1.29, 1.82) is 0 Å². The van der Waals surface area contributed by atoms with Crippen LogP contribution in [0.15, 0.2) is 42.5 Å². The first-order chi connectivity index (χ1) is 11.8. The Bertz CT molecular complexity index is 645. The molecule has 0 saturated heterocycles. The second-order valence-electron chi connectivity index (χ2n) is 6.17. The Morgan fingerprint density at radius 3 is 1.84 bits per heavy atom. The van der Waals surface area contributed by atoms with Crippen LogP contribution in [0.5, 0.6) is 17.2 Å². The molecule has 2 rings (SSSR count). The van der Waals surface area contributed by atoms with Gasteiger partial charge in [0.25, 0.3) is 0 Å². The lowest BCUT2D eigenvalue weighted by Gasteiger charge is -2.11. The minimum atomic E-state index is 0.113. The highest BCUT2D eigenvalue weighted by Crippen LogP contribution is 2.23. The third-order valence-corrected chi connectivity index (χ3v) is 3.10. The maximum absolute atomic E-state index is 10.6. The SMILES string of the molecule is COc1cc(OC(C)C)ccc1C=O.Cc1ccc(OC(C)C)cc1. The van der Waals surface area contributed by atoms with Crippen molar-refractivity contribution >= 4 is 6.29 Å². The van der Waals surface area contributed by atoms with E-state index in [-0.39, 0.29) is 12.2 Å². The Morgan fingerprint density at radius 2 is 1.36 bits per heavy atom. The molecular formula is C21H28O4. The van der Waals surface area contributed by atoms with Crippen LogP contribution in [-0.2, 0) is 0 Å². The lowest BCUT2D eigenvalue weighted by Crippen LogP contribution is -2.05.